The quantitative estimate of drug-likeness (QED) is 0.792. The summed E-state index contributed by atoms with van der Waals surface area (Å²) in [5.74, 6) is -0.0562. The number of benzene rings is 2. The van der Waals surface area contributed by atoms with Crippen molar-refractivity contribution in [3.05, 3.63) is 59.2 Å². The van der Waals surface area contributed by atoms with E-state index in [2.05, 4.69) is 33.8 Å². The Morgan fingerprint density at radius 2 is 2.13 bits per heavy atom. The summed E-state index contributed by atoms with van der Waals surface area (Å²) in [6, 6.07) is 14.0. The van der Waals surface area contributed by atoms with Gasteiger partial charge in [-0.1, -0.05) is 29.5 Å². The van der Waals surface area contributed by atoms with Crippen LogP contribution in [-0.4, -0.2) is 20.9 Å². The summed E-state index contributed by atoms with van der Waals surface area (Å²) in [6.07, 6.45) is 3.18. The Balaban J connectivity index is 1.60. The fraction of sp³-hybridized carbons (Fsp3) is 0.278. The summed E-state index contributed by atoms with van der Waals surface area (Å²) >= 11 is 0. The van der Waals surface area contributed by atoms with Crippen LogP contribution in [0, 0.1) is 0 Å². The average molecular weight is 306 g/mol. The molecule has 0 saturated heterocycles. The van der Waals surface area contributed by atoms with E-state index in [-0.39, 0.29) is 11.9 Å². The second-order valence-corrected chi connectivity index (χ2v) is 6.03. The minimum absolute atomic E-state index is 0.0562. The number of nitrogens with zero attached hydrogens (tertiary/aromatic N) is 3. The van der Waals surface area contributed by atoms with Crippen LogP contribution in [0.1, 0.15) is 40.4 Å². The molecule has 0 radical (unpaired) electrons. The Kier molecular flexibility index (Phi) is 3.33. The van der Waals surface area contributed by atoms with Crippen molar-refractivity contribution in [1.29, 1.82) is 0 Å². The van der Waals surface area contributed by atoms with E-state index < -0.39 is 0 Å². The fourth-order valence-corrected chi connectivity index (χ4v) is 3.33. The van der Waals surface area contributed by atoms with Crippen LogP contribution in [0.25, 0.3) is 11.0 Å². The molecule has 1 N–H and O–H groups in total. The van der Waals surface area contributed by atoms with E-state index >= 15 is 0 Å². The van der Waals surface area contributed by atoms with E-state index in [1.807, 2.05) is 25.2 Å². The van der Waals surface area contributed by atoms with Crippen LogP contribution in [0.4, 0.5) is 0 Å². The highest BCUT2D eigenvalue weighted by Crippen LogP contribution is 2.29. The number of fused-ring (bicyclic) bond motifs is 2. The lowest BCUT2D eigenvalue weighted by molar-refractivity contribution is 0.0933. The van der Waals surface area contributed by atoms with E-state index in [0.29, 0.717) is 5.56 Å². The Morgan fingerprint density at radius 1 is 1.26 bits per heavy atom. The molecule has 23 heavy (non-hydrogen) atoms. The first-order valence-corrected chi connectivity index (χ1v) is 7.90. The van der Waals surface area contributed by atoms with Gasteiger partial charge in [0.1, 0.15) is 5.52 Å². The van der Waals surface area contributed by atoms with Gasteiger partial charge < -0.3 is 5.32 Å². The van der Waals surface area contributed by atoms with Crippen LogP contribution in [0.15, 0.2) is 42.5 Å². The zero-order valence-electron chi connectivity index (χ0n) is 13.0. The molecule has 1 heterocycles. The zero-order valence-corrected chi connectivity index (χ0v) is 13.0. The SMILES string of the molecule is Cn1nnc2cc(C(=O)NC3CCCc4ccccc43)ccc21. The van der Waals surface area contributed by atoms with Gasteiger partial charge in [0.2, 0.25) is 0 Å². The maximum Gasteiger partial charge on any atom is 0.251 e. The number of amides is 1. The lowest BCUT2D eigenvalue weighted by Crippen LogP contribution is -2.30. The molecule has 1 atom stereocenters. The first-order chi connectivity index (χ1) is 11.2. The number of aryl methyl sites for hydroxylation is 2. The molecule has 5 nitrogen and oxygen atoms in total. The van der Waals surface area contributed by atoms with Crippen molar-refractivity contribution < 1.29 is 4.79 Å². The van der Waals surface area contributed by atoms with Gasteiger partial charge in [0.15, 0.2) is 0 Å². The van der Waals surface area contributed by atoms with E-state index in [1.165, 1.54) is 11.1 Å². The summed E-state index contributed by atoms with van der Waals surface area (Å²) in [4.78, 5) is 12.6. The molecule has 0 bridgehead atoms. The van der Waals surface area contributed by atoms with Gasteiger partial charge in [-0.15, -0.1) is 5.10 Å². The maximum atomic E-state index is 12.6. The molecule has 4 rings (SSSR count). The van der Waals surface area contributed by atoms with Crippen LogP contribution >= 0.6 is 0 Å². The lowest BCUT2D eigenvalue weighted by Gasteiger charge is -2.26. The summed E-state index contributed by atoms with van der Waals surface area (Å²) in [5.41, 5.74) is 4.87. The number of hydrogen-bond acceptors (Lipinski definition) is 3. The maximum absolute atomic E-state index is 12.6. The first kappa shape index (κ1) is 13.9. The summed E-state index contributed by atoms with van der Waals surface area (Å²) in [7, 11) is 1.84. The van der Waals surface area contributed by atoms with Gasteiger partial charge in [0.25, 0.3) is 5.91 Å². The van der Waals surface area contributed by atoms with Crippen molar-refractivity contribution in [3.8, 4) is 0 Å². The molecule has 2 aromatic carbocycles. The first-order valence-electron chi connectivity index (χ1n) is 7.90. The highest BCUT2D eigenvalue weighted by atomic mass is 16.1. The number of aromatic nitrogens is 3. The predicted octanol–water partition coefficient (Wildman–Crippen LogP) is 2.78. The van der Waals surface area contributed by atoms with Crippen LogP contribution in [0.2, 0.25) is 0 Å². The van der Waals surface area contributed by atoms with Gasteiger partial charge in [-0.25, -0.2) is 4.68 Å². The summed E-state index contributed by atoms with van der Waals surface area (Å²) in [5, 5.41) is 11.2. The average Bonchev–Trinajstić information content (AvgIpc) is 2.96. The van der Waals surface area contributed by atoms with Crippen molar-refractivity contribution in [1.82, 2.24) is 20.3 Å². The molecule has 3 aromatic rings. The van der Waals surface area contributed by atoms with E-state index in [0.717, 1.165) is 30.3 Å². The third-order valence-electron chi connectivity index (χ3n) is 4.55. The molecule has 5 heteroatoms. The molecule has 116 valence electrons. The van der Waals surface area contributed by atoms with Crippen molar-refractivity contribution in [2.24, 2.45) is 7.05 Å². The van der Waals surface area contributed by atoms with Gasteiger partial charge in [0.05, 0.1) is 11.6 Å². The van der Waals surface area contributed by atoms with Crippen LogP contribution in [0.3, 0.4) is 0 Å². The van der Waals surface area contributed by atoms with Crippen molar-refractivity contribution in [3.63, 3.8) is 0 Å². The van der Waals surface area contributed by atoms with Gasteiger partial charge in [-0.05, 0) is 48.6 Å². The molecule has 0 fully saturated rings. The molecule has 1 aliphatic rings. The largest absolute Gasteiger partial charge is 0.345 e. The molecule has 0 spiro atoms. The molecular formula is C18H18N4O. The van der Waals surface area contributed by atoms with Gasteiger partial charge in [0, 0.05) is 12.6 Å². The Bertz CT molecular complexity index is 884. The standard InChI is InChI=1S/C18H18N4O/c1-22-17-10-9-13(11-16(17)20-21-22)18(23)19-15-8-4-6-12-5-2-3-7-14(12)15/h2-3,5,7,9-11,15H,4,6,8H2,1H3,(H,19,23). The smallest absolute Gasteiger partial charge is 0.251 e. The summed E-state index contributed by atoms with van der Waals surface area (Å²) in [6.45, 7) is 0. The minimum atomic E-state index is -0.0562. The van der Waals surface area contributed by atoms with Crippen molar-refractivity contribution in [2.45, 2.75) is 25.3 Å². The monoisotopic (exact) mass is 306 g/mol. The second kappa shape index (κ2) is 5.50. The number of nitrogens with one attached hydrogen (secondary N) is 1. The number of hydrogen-bond donors (Lipinski definition) is 1. The van der Waals surface area contributed by atoms with Crippen molar-refractivity contribution in [2.75, 3.05) is 0 Å². The third kappa shape index (κ3) is 2.48. The molecule has 1 aromatic heterocycles. The van der Waals surface area contributed by atoms with Crippen LogP contribution in [-0.2, 0) is 13.5 Å². The Hall–Kier alpha value is -2.69. The molecule has 1 unspecified atom stereocenters. The van der Waals surface area contributed by atoms with Crippen LogP contribution < -0.4 is 5.32 Å². The highest BCUT2D eigenvalue weighted by molar-refractivity contribution is 5.97. The third-order valence-corrected chi connectivity index (χ3v) is 4.55. The Morgan fingerprint density at radius 3 is 3.04 bits per heavy atom. The minimum Gasteiger partial charge on any atom is -0.345 e. The van der Waals surface area contributed by atoms with E-state index in [9.17, 15) is 4.79 Å². The van der Waals surface area contributed by atoms with E-state index in [4.69, 9.17) is 0 Å². The normalized spacial score (nSPS) is 17.0. The molecule has 1 amide bonds. The van der Waals surface area contributed by atoms with Gasteiger partial charge in [-0.2, -0.15) is 0 Å². The molecular weight excluding hydrogens is 288 g/mol. The summed E-state index contributed by atoms with van der Waals surface area (Å²) < 4.78 is 1.70. The lowest BCUT2D eigenvalue weighted by atomic mass is 9.87. The number of carbonyl (C=O) groups excluding carboxylic acids is 1. The number of carbonyl (C=O) groups is 1. The van der Waals surface area contributed by atoms with E-state index in [1.54, 1.807) is 10.7 Å². The van der Waals surface area contributed by atoms with Gasteiger partial charge >= 0.3 is 0 Å². The molecule has 0 aliphatic heterocycles. The zero-order chi connectivity index (χ0) is 15.8. The topological polar surface area (TPSA) is 59.8 Å². The highest BCUT2D eigenvalue weighted by Gasteiger charge is 2.22. The second-order valence-electron chi connectivity index (χ2n) is 6.03. The van der Waals surface area contributed by atoms with Gasteiger partial charge in [-0.3, -0.25) is 4.79 Å². The molecule has 1 aliphatic carbocycles. The predicted molar refractivity (Wildman–Crippen MR) is 88.1 cm³/mol. The van der Waals surface area contributed by atoms with Crippen LogP contribution in [0.5, 0.6) is 0 Å². The molecule has 0 saturated carbocycles. The fourth-order valence-electron chi connectivity index (χ4n) is 3.33. The van der Waals surface area contributed by atoms with Crippen molar-refractivity contribution >= 4 is 16.9 Å². The Labute approximate surface area is 134 Å². The number of rotatable bonds is 2.